The third-order valence-corrected chi connectivity index (χ3v) is 5.02. The molecule has 3 rings (SSSR count). The van der Waals surface area contributed by atoms with Crippen molar-refractivity contribution in [1.82, 2.24) is 10.2 Å². The lowest BCUT2D eigenvalue weighted by Crippen LogP contribution is -2.43. The summed E-state index contributed by atoms with van der Waals surface area (Å²) in [6.07, 6.45) is -4.00. The number of benzene rings is 1. The van der Waals surface area contributed by atoms with Crippen LogP contribution < -0.4 is 10.1 Å². The highest BCUT2D eigenvalue weighted by molar-refractivity contribution is 5.94. The van der Waals surface area contributed by atoms with Gasteiger partial charge in [-0.05, 0) is 24.3 Å². The summed E-state index contributed by atoms with van der Waals surface area (Å²) in [5.41, 5.74) is 0.438. The Labute approximate surface area is 163 Å². The lowest BCUT2D eigenvalue weighted by molar-refractivity contribution is -0.139. The summed E-state index contributed by atoms with van der Waals surface area (Å²) in [7, 11) is 1.54. The largest absolute Gasteiger partial charge is 0.497 e. The molecule has 1 aromatic rings. The second-order valence-corrected chi connectivity index (χ2v) is 6.83. The summed E-state index contributed by atoms with van der Waals surface area (Å²) >= 11 is 0. The Balaban J connectivity index is 1.50. The minimum Gasteiger partial charge on any atom is -0.497 e. The van der Waals surface area contributed by atoms with Crippen molar-refractivity contribution in [3.8, 4) is 5.75 Å². The number of hydrogen-bond acceptors (Lipinski definition) is 7. The van der Waals surface area contributed by atoms with Gasteiger partial charge in [-0.25, -0.2) is 0 Å². The van der Waals surface area contributed by atoms with Crippen molar-refractivity contribution in [2.75, 3.05) is 40.0 Å². The Bertz CT molecular complexity index is 675. The number of morpholine rings is 1. The van der Waals surface area contributed by atoms with Gasteiger partial charge in [-0.1, -0.05) is 0 Å². The fraction of sp³-hybridized carbons (Fsp3) is 0.579. The molecule has 0 bridgehead atoms. The molecule has 2 saturated heterocycles. The second kappa shape index (κ2) is 9.33. The molecular formula is C19H26N2O7. The highest BCUT2D eigenvalue weighted by Gasteiger charge is 2.43. The Hall–Kier alpha value is -2.20. The fourth-order valence-corrected chi connectivity index (χ4v) is 3.31. The van der Waals surface area contributed by atoms with Crippen LogP contribution in [-0.4, -0.2) is 91.3 Å². The van der Waals surface area contributed by atoms with E-state index < -0.39 is 24.4 Å². The Kier molecular flexibility index (Phi) is 6.84. The van der Waals surface area contributed by atoms with Gasteiger partial charge in [0.1, 0.15) is 24.1 Å². The molecule has 9 nitrogen and oxygen atoms in total. The molecule has 0 radical (unpaired) electrons. The molecule has 2 heterocycles. The van der Waals surface area contributed by atoms with Gasteiger partial charge >= 0.3 is 0 Å². The predicted molar refractivity (Wildman–Crippen MR) is 98.0 cm³/mol. The molecular weight excluding hydrogens is 368 g/mol. The lowest BCUT2D eigenvalue weighted by Gasteiger charge is -2.28. The lowest BCUT2D eigenvalue weighted by atomic mass is 10.0. The molecule has 3 N–H and O–H groups in total. The topological polar surface area (TPSA) is 118 Å². The quantitative estimate of drug-likeness (QED) is 0.576. The number of amides is 2. The number of aliphatic hydroxyl groups excluding tert-OH is 2. The van der Waals surface area contributed by atoms with Crippen LogP contribution in [0.25, 0.3) is 0 Å². The van der Waals surface area contributed by atoms with Gasteiger partial charge in [0.2, 0.25) is 5.91 Å². The summed E-state index contributed by atoms with van der Waals surface area (Å²) in [5.74, 6) is 0.158. The average Bonchev–Trinajstić information content (AvgIpc) is 3.00. The highest BCUT2D eigenvalue weighted by atomic mass is 16.5. The molecule has 1 aromatic carbocycles. The average molecular weight is 394 g/mol. The molecule has 0 saturated carbocycles. The van der Waals surface area contributed by atoms with Crippen LogP contribution in [0.5, 0.6) is 5.75 Å². The minimum absolute atomic E-state index is 0.0192. The van der Waals surface area contributed by atoms with Gasteiger partial charge in [-0.15, -0.1) is 0 Å². The van der Waals surface area contributed by atoms with E-state index in [2.05, 4.69) is 5.32 Å². The third kappa shape index (κ3) is 4.79. The van der Waals surface area contributed by atoms with Crippen LogP contribution in [0, 0.1) is 0 Å². The Morgan fingerprint density at radius 3 is 2.43 bits per heavy atom. The number of methoxy groups -OCH3 is 1. The standard InChI is InChI=1S/C19H26N2O7/c1-26-13-4-2-12(3-5-13)19(25)20-11-15-18(24)17(23)14(28-15)10-16(22)21-6-8-27-9-7-21/h2-5,14-15,17-18,23-24H,6-11H2,1H3,(H,20,25). The van der Waals surface area contributed by atoms with Crippen LogP contribution in [0.4, 0.5) is 0 Å². The first-order valence-electron chi connectivity index (χ1n) is 9.29. The van der Waals surface area contributed by atoms with Crippen molar-refractivity contribution in [2.24, 2.45) is 0 Å². The zero-order chi connectivity index (χ0) is 20.1. The molecule has 28 heavy (non-hydrogen) atoms. The van der Waals surface area contributed by atoms with E-state index in [1.54, 1.807) is 36.3 Å². The number of aliphatic hydroxyl groups is 2. The molecule has 4 atom stereocenters. The number of ether oxygens (including phenoxy) is 3. The van der Waals surface area contributed by atoms with E-state index in [0.29, 0.717) is 37.6 Å². The van der Waals surface area contributed by atoms with E-state index >= 15 is 0 Å². The first-order chi connectivity index (χ1) is 13.5. The Morgan fingerprint density at radius 2 is 1.79 bits per heavy atom. The fourth-order valence-electron chi connectivity index (χ4n) is 3.31. The van der Waals surface area contributed by atoms with E-state index in [4.69, 9.17) is 14.2 Å². The van der Waals surface area contributed by atoms with Crippen molar-refractivity contribution in [3.05, 3.63) is 29.8 Å². The molecule has 4 unspecified atom stereocenters. The van der Waals surface area contributed by atoms with Gasteiger partial charge in [-0.3, -0.25) is 9.59 Å². The van der Waals surface area contributed by atoms with E-state index in [9.17, 15) is 19.8 Å². The summed E-state index contributed by atoms with van der Waals surface area (Å²) < 4.78 is 15.9. The first kappa shape index (κ1) is 20.5. The van der Waals surface area contributed by atoms with Gasteiger partial charge in [-0.2, -0.15) is 0 Å². The molecule has 0 aliphatic carbocycles. The molecule has 2 aliphatic heterocycles. The van der Waals surface area contributed by atoms with Crippen molar-refractivity contribution >= 4 is 11.8 Å². The third-order valence-electron chi connectivity index (χ3n) is 5.02. The number of nitrogens with zero attached hydrogens (tertiary/aromatic N) is 1. The highest BCUT2D eigenvalue weighted by Crippen LogP contribution is 2.24. The van der Waals surface area contributed by atoms with Crippen molar-refractivity contribution in [1.29, 1.82) is 0 Å². The molecule has 2 amide bonds. The zero-order valence-electron chi connectivity index (χ0n) is 15.7. The van der Waals surface area contributed by atoms with Crippen LogP contribution >= 0.6 is 0 Å². The first-order valence-corrected chi connectivity index (χ1v) is 9.29. The predicted octanol–water partition coefficient (Wildman–Crippen LogP) is -0.837. The van der Waals surface area contributed by atoms with Crippen LogP contribution in [0.3, 0.4) is 0 Å². The summed E-state index contributed by atoms with van der Waals surface area (Å²) in [6, 6.07) is 6.59. The number of carbonyl (C=O) groups is 2. The SMILES string of the molecule is COc1ccc(C(=O)NCC2OC(CC(=O)N3CCOCC3)C(O)C2O)cc1. The van der Waals surface area contributed by atoms with E-state index in [-0.39, 0.29) is 24.8 Å². The van der Waals surface area contributed by atoms with Gasteiger partial charge in [0.05, 0.1) is 32.8 Å². The van der Waals surface area contributed by atoms with Crippen LogP contribution in [-0.2, 0) is 14.3 Å². The summed E-state index contributed by atoms with van der Waals surface area (Å²) in [6.45, 7) is 2.01. The van der Waals surface area contributed by atoms with Crippen LogP contribution in [0.2, 0.25) is 0 Å². The van der Waals surface area contributed by atoms with Gasteiger partial charge in [0.25, 0.3) is 5.91 Å². The Morgan fingerprint density at radius 1 is 1.14 bits per heavy atom. The minimum atomic E-state index is -1.19. The monoisotopic (exact) mass is 394 g/mol. The molecule has 2 aliphatic rings. The second-order valence-electron chi connectivity index (χ2n) is 6.83. The van der Waals surface area contributed by atoms with Crippen molar-refractivity contribution in [2.45, 2.75) is 30.8 Å². The smallest absolute Gasteiger partial charge is 0.251 e. The normalized spacial score (nSPS) is 27.5. The zero-order valence-corrected chi connectivity index (χ0v) is 15.7. The molecule has 9 heteroatoms. The molecule has 154 valence electrons. The van der Waals surface area contributed by atoms with Gasteiger partial charge < -0.3 is 34.6 Å². The number of carbonyl (C=O) groups excluding carboxylic acids is 2. The number of rotatable bonds is 6. The summed E-state index contributed by atoms with van der Waals surface area (Å²) in [5, 5.41) is 23.1. The van der Waals surface area contributed by atoms with Gasteiger partial charge in [0.15, 0.2) is 0 Å². The van der Waals surface area contributed by atoms with E-state index in [0.717, 1.165) is 0 Å². The maximum atomic E-state index is 12.3. The maximum absolute atomic E-state index is 12.3. The molecule has 0 aromatic heterocycles. The van der Waals surface area contributed by atoms with Gasteiger partial charge in [0, 0.05) is 25.2 Å². The number of nitrogens with one attached hydrogen (secondary N) is 1. The van der Waals surface area contributed by atoms with Crippen LogP contribution in [0.15, 0.2) is 24.3 Å². The number of hydrogen-bond donors (Lipinski definition) is 3. The van der Waals surface area contributed by atoms with E-state index in [1.165, 1.54) is 0 Å². The van der Waals surface area contributed by atoms with Crippen LogP contribution in [0.1, 0.15) is 16.8 Å². The maximum Gasteiger partial charge on any atom is 0.251 e. The van der Waals surface area contributed by atoms with Crippen molar-refractivity contribution < 1.29 is 34.0 Å². The molecule has 0 spiro atoms. The molecule has 2 fully saturated rings. The van der Waals surface area contributed by atoms with E-state index in [1.807, 2.05) is 0 Å². The van der Waals surface area contributed by atoms with Crippen molar-refractivity contribution in [3.63, 3.8) is 0 Å². The summed E-state index contributed by atoms with van der Waals surface area (Å²) in [4.78, 5) is 26.2.